The van der Waals surface area contributed by atoms with E-state index < -0.39 is 10.0 Å². The van der Waals surface area contributed by atoms with E-state index in [-0.39, 0.29) is 5.91 Å². The molecule has 0 radical (unpaired) electrons. The second-order valence-electron chi connectivity index (χ2n) is 7.20. The van der Waals surface area contributed by atoms with Gasteiger partial charge in [-0.25, -0.2) is 8.42 Å². The van der Waals surface area contributed by atoms with E-state index in [1.165, 1.54) is 7.05 Å². The summed E-state index contributed by atoms with van der Waals surface area (Å²) < 4.78 is 27.3. The Morgan fingerprint density at radius 3 is 2.37 bits per heavy atom. The smallest absolute Gasteiger partial charge is 0.257 e. The van der Waals surface area contributed by atoms with E-state index in [0.29, 0.717) is 16.9 Å². The number of aryl methyl sites for hydroxylation is 1. The van der Waals surface area contributed by atoms with Crippen LogP contribution in [0.25, 0.3) is 21.8 Å². The zero-order valence-corrected chi connectivity index (χ0v) is 17.9. The molecule has 4 rings (SSSR count). The van der Waals surface area contributed by atoms with Gasteiger partial charge in [0.15, 0.2) is 0 Å². The average molecular weight is 422 g/mol. The number of hydrogen-bond donors (Lipinski definition) is 1. The Balaban J connectivity index is 1.74. The number of carbonyl (C=O) groups excluding carboxylic acids is 1. The Bertz CT molecular complexity index is 1370. The first-order valence-corrected chi connectivity index (χ1v) is 11.5. The molecule has 0 saturated heterocycles. The summed E-state index contributed by atoms with van der Waals surface area (Å²) in [5.41, 5.74) is 3.54. The Morgan fingerprint density at radius 1 is 0.967 bits per heavy atom. The summed E-state index contributed by atoms with van der Waals surface area (Å²) in [5, 5.41) is 5.11. The van der Waals surface area contributed by atoms with Crippen LogP contribution in [-0.2, 0) is 16.6 Å². The molecule has 1 aromatic heterocycles. The van der Waals surface area contributed by atoms with Gasteiger partial charge in [0.1, 0.15) is 0 Å². The lowest BCUT2D eigenvalue weighted by Crippen LogP contribution is -2.27. The molecule has 7 heteroatoms. The first-order valence-electron chi connectivity index (χ1n) is 9.66. The van der Waals surface area contributed by atoms with Crippen LogP contribution in [0.2, 0.25) is 0 Å². The van der Waals surface area contributed by atoms with E-state index in [1.807, 2.05) is 30.3 Å². The molecular weight excluding hydrogens is 398 g/mol. The van der Waals surface area contributed by atoms with Crippen LogP contribution >= 0.6 is 0 Å². The van der Waals surface area contributed by atoms with E-state index in [0.717, 1.165) is 38.9 Å². The predicted molar refractivity (Wildman–Crippen MR) is 123 cm³/mol. The Kier molecular flexibility index (Phi) is 4.99. The van der Waals surface area contributed by atoms with Crippen LogP contribution in [0.3, 0.4) is 0 Å². The highest BCUT2D eigenvalue weighted by Crippen LogP contribution is 2.31. The maximum absolute atomic E-state index is 13.0. The van der Waals surface area contributed by atoms with Crippen molar-refractivity contribution in [2.75, 3.05) is 22.9 Å². The van der Waals surface area contributed by atoms with Crippen LogP contribution in [0.5, 0.6) is 0 Å². The van der Waals surface area contributed by atoms with Gasteiger partial charge in [0.05, 0.1) is 17.5 Å². The molecule has 0 saturated carbocycles. The van der Waals surface area contributed by atoms with Crippen LogP contribution in [0.4, 0.5) is 11.4 Å². The number of amides is 1. The third-order valence-electron chi connectivity index (χ3n) is 5.33. The third-order valence-corrected chi connectivity index (χ3v) is 6.52. The summed E-state index contributed by atoms with van der Waals surface area (Å²) in [6.07, 6.45) is 1.11. The maximum Gasteiger partial charge on any atom is 0.257 e. The number of sulfonamides is 1. The van der Waals surface area contributed by atoms with E-state index in [4.69, 9.17) is 0 Å². The number of anilines is 2. The molecule has 0 fully saturated rings. The number of carbonyl (C=O) groups is 1. The lowest BCUT2D eigenvalue weighted by atomic mass is 10.1. The molecule has 0 unspecified atom stereocenters. The summed E-state index contributed by atoms with van der Waals surface area (Å²) in [5.74, 6) is -0.361. The summed E-state index contributed by atoms with van der Waals surface area (Å²) in [6, 6.07) is 20.7. The van der Waals surface area contributed by atoms with Gasteiger partial charge in [-0.3, -0.25) is 9.10 Å². The second-order valence-corrected chi connectivity index (χ2v) is 9.21. The average Bonchev–Trinajstić information content (AvgIpc) is 3.05. The number of para-hydroxylation sites is 2. The van der Waals surface area contributed by atoms with Crippen molar-refractivity contribution in [3.8, 4) is 0 Å². The van der Waals surface area contributed by atoms with E-state index in [9.17, 15) is 13.2 Å². The molecule has 0 aliphatic carbocycles. The number of benzene rings is 3. The number of fused-ring (bicyclic) bond motifs is 3. The highest BCUT2D eigenvalue weighted by molar-refractivity contribution is 7.92. The Hall–Kier alpha value is -3.32. The van der Waals surface area contributed by atoms with Crippen LogP contribution in [0, 0.1) is 0 Å². The number of nitrogens with one attached hydrogen (secondary N) is 1. The van der Waals surface area contributed by atoms with Crippen LogP contribution in [0.1, 0.15) is 17.3 Å². The minimum absolute atomic E-state index is 0.293. The fourth-order valence-corrected chi connectivity index (χ4v) is 4.31. The zero-order valence-electron chi connectivity index (χ0n) is 17.1. The molecule has 0 aliphatic rings. The van der Waals surface area contributed by atoms with Crippen molar-refractivity contribution in [1.29, 1.82) is 0 Å². The van der Waals surface area contributed by atoms with Gasteiger partial charge in [0, 0.05) is 41.1 Å². The fraction of sp³-hybridized carbons (Fsp3) is 0.174. The van der Waals surface area contributed by atoms with Gasteiger partial charge in [-0.1, -0.05) is 30.3 Å². The van der Waals surface area contributed by atoms with Crippen LogP contribution < -0.4 is 9.62 Å². The largest absolute Gasteiger partial charge is 0.341 e. The Morgan fingerprint density at radius 2 is 1.63 bits per heavy atom. The maximum atomic E-state index is 13.0. The molecule has 30 heavy (non-hydrogen) atoms. The van der Waals surface area contributed by atoms with Gasteiger partial charge in [0.2, 0.25) is 10.0 Å². The molecule has 154 valence electrons. The van der Waals surface area contributed by atoms with Crippen molar-refractivity contribution >= 4 is 49.1 Å². The number of aromatic nitrogens is 1. The predicted octanol–water partition coefficient (Wildman–Crippen LogP) is 4.46. The van der Waals surface area contributed by atoms with E-state index in [1.54, 1.807) is 24.3 Å². The van der Waals surface area contributed by atoms with E-state index in [2.05, 4.69) is 28.9 Å². The first kappa shape index (κ1) is 20.0. The highest BCUT2D eigenvalue weighted by Gasteiger charge is 2.20. The molecule has 0 atom stereocenters. The van der Waals surface area contributed by atoms with Gasteiger partial charge >= 0.3 is 0 Å². The van der Waals surface area contributed by atoms with Crippen molar-refractivity contribution in [2.24, 2.45) is 0 Å². The lowest BCUT2D eigenvalue weighted by Gasteiger charge is -2.19. The third kappa shape index (κ3) is 3.41. The normalized spacial score (nSPS) is 11.7. The number of nitrogens with zero attached hydrogens (tertiary/aromatic N) is 2. The topological polar surface area (TPSA) is 71.4 Å². The van der Waals surface area contributed by atoms with Crippen molar-refractivity contribution in [3.05, 3.63) is 72.3 Å². The molecule has 1 heterocycles. The molecule has 0 spiro atoms. The van der Waals surface area contributed by atoms with Crippen molar-refractivity contribution in [2.45, 2.75) is 13.5 Å². The van der Waals surface area contributed by atoms with Crippen molar-refractivity contribution < 1.29 is 13.2 Å². The molecular formula is C23H23N3O3S. The molecule has 4 aromatic rings. The van der Waals surface area contributed by atoms with Crippen molar-refractivity contribution in [1.82, 2.24) is 4.57 Å². The van der Waals surface area contributed by atoms with Gasteiger partial charge in [-0.2, -0.15) is 0 Å². The molecule has 0 bridgehead atoms. The standard InChI is InChI=1S/C23H23N3O3S/c1-4-26-21-12-8-5-9-17(21)19-15-16(13-14-22(19)26)24-23(27)18-10-6-7-11-20(18)25(2)30(3,28)29/h5-15H,4H2,1-3H3,(H,24,27). The molecule has 0 aliphatic heterocycles. The summed E-state index contributed by atoms with van der Waals surface area (Å²) in [6.45, 7) is 2.96. The van der Waals surface area contributed by atoms with Gasteiger partial charge in [-0.05, 0) is 43.3 Å². The zero-order chi connectivity index (χ0) is 21.5. The molecule has 1 amide bonds. The fourth-order valence-electron chi connectivity index (χ4n) is 3.79. The lowest BCUT2D eigenvalue weighted by molar-refractivity contribution is 0.102. The molecule has 1 N–H and O–H groups in total. The van der Waals surface area contributed by atoms with E-state index >= 15 is 0 Å². The molecule has 6 nitrogen and oxygen atoms in total. The van der Waals surface area contributed by atoms with Crippen molar-refractivity contribution in [3.63, 3.8) is 0 Å². The van der Waals surface area contributed by atoms with Gasteiger partial charge in [0.25, 0.3) is 5.91 Å². The molecule has 3 aromatic carbocycles. The highest BCUT2D eigenvalue weighted by atomic mass is 32.2. The minimum atomic E-state index is -3.49. The number of hydrogen-bond acceptors (Lipinski definition) is 3. The quantitative estimate of drug-likeness (QED) is 0.517. The summed E-state index contributed by atoms with van der Waals surface area (Å²) in [4.78, 5) is 13.0. The summed E-state index contributed by atoms with van der Waals surface area (Å²) >= 11 is 0. The first-order chi connectivity index (χ1) is 14.3. The van der Waals surface area contributed by atoms with Gasteiger partial charge < -0.3 is 9.88 Å². The van der Waals surface area contributed by atoms with Crippen LogP contribution in [0.15, 0.2) is 66.7 Å². The summed E-state index contributed by atoms with van der Waals surface area (Å²) in [7, 11) is -2.05. The van der Waals surface area contributed by atoms with Gasteiger partial charge in [-0.15, -0.1) is 0 Å². The second kappa shape index (κ2) is 7.50. The number of rotatable bonds is 5. The SMILES string of the molecule is CCn1c2ccccc2c2cc(NC(=O)c3ccccc3N(C)S(C)(=O)=O)ccc21. The van der Waals surface area contributed by atoms with Crippen LogP contribution in [-0.4, -0.2) is 32.2 Å². The monoisotopic (exact) mass is 421 g/mol. The minimum Gasteiger partial charge on any atom is -0.341 e. The Labute approximate surface area is 175 Å².